The molecular weight excluding hydrogens is 216 g/mol. The van der Waals surface area contributed by atoms with Gasteiger partial charge < -0.3 is 9.64 Å². The van der Waals surface area contributed by atoms with E-state index in [2.05, 4.69) is 5.32 Å². The first-order chi connectivity index (χ1) is 8.36. The van der Waals surface area contributed by atoms with Gasteiger partial charge in [0.2, 0.25) is 0 Å². The average molecular weight is 233 g/mol. The number of nitrogens with zero attached hydrogens (tertiary/aromatic N) is 2. The molecule has 0 unspecified atom stereocenters. The van der Waals surface area contributed by atoms with Crippen LogP contribution in [0.1, 0.15) is 12.0 Å². The van der Waals surface area contributed by atoms with Crippen molar-refractivity contribution in [2.45, 2.75) is 13.0 Å². The number of amides is 1. The first-order valence-corrected chi connectivity index (χ1v) is 5.95. The van der Waals surface area contributed by atoms with Crippen molar-refractivity contribution >= 4 is 6.09 Å². The van der Waals surface area contributed by atoms with E-state index >= 15 is 0 Å². The predicted octanol–water partition coefficient (Wildman–Crippen LogP) is 1.63. The molecule has 1 aromatic carbocycles. The lowest BCUT2D eigenvalue weighted by Gasteiger charge is -2.19. The molecule has 17 heavy (non-hydrogen) atoms. The lowest BCUT2D eigenvalue weighted by atomic mass is 10.2. The Kier molecular flexibility index (Phi) is 4.38. The molecule has 0 atom stereocenters. The van der Waals surface area contributed by atoms with Crippen LogP contribution in [-0.4, -0.2) is 37.2 Å². The highest BCUT2D eigenvalue weighted by molar-refractivity contribution is 5.67. The molecule has 1 radical (unpaired) electrons. The molecule has 0 spiro atoms. The Morgan fingerprint density at radius 2 is 2.06 bits per heavy atom. The molecule has 0 aromatic heterocycles. The van der Waals surface area contributed by atoms with Crippen molar-refractivity contribution < 1.29 is 9.53 Å². The summed E-state index contributed by atoms with van der Waals surface area (Å²) in [7, 11) is 0. The van der Waals surface area contributed by atoms with Crippen molar-refractivity contribution in [3.8, 4) is 0 Å². The summed E-state index contributed by atoms with van der Waals surface area (Å²) in [5, 5.41) is 4.27. The van der Waals surface area contributed by atoms with Crippen LogP contribution in [0.15, 0.2) is 30.3 Å². The first kappa shape index (κ1) is 11.9. The molecule has 1 aliphatic rings. The van der Waals surface area contributed by atoms with Gasteiger partial charge in [-0.2, -0.15) is 0 Å². The van der Waals surface area contributed by atoms with Crippen molar-refractivity contribution in [3.63, 3.8) is 0 Å². The largest absolute Gasteiger partial charge is 0.445 e. The minimum absolute atomic E-state index is 0.231. The Morgan fingerprint density at radius 3 is 2.88 bits per heavy atom. The monoisotopic (exact) mass is 233 g/mol. The minimum atomic E-state index is -0.231. The second kappa shape index (κ2) is 6.25. The van der Waals surface area contributed by atoms with E-state index in [1.54, 1.807) is 4.90 Å². The van der Waals surface area contributed by atoms with E-state index in [1.807, 2.05) is 30.3 Å². The average Bonchev–Trinajstić information content (AvgIpc) is 2.66. The first-order valence-electron chi connectivity index (χ1n) is 5.95. The van der Waals surface area contributed by atoms with Crippen LogP contribution in [0.4, 0.5) is 4.79 Å². The van der Waals surface area contributed by atoms with Crippen LogP contribution < -0.4 is 5.32 Å². The van der Waals surface area contributed by atoms with E-state index in [9.17, 15) is 4.79 Å². The van der Waals surface area contributed by atoms with Gasteiger partial charge >= 0.3 is 6.09 Å². The maximum atomic E-state index is 11.8. The maximum absolute atomic E-state index is 11.8. The Labute approximate surface area is 102 Å². The zero-order valence-electron chi connectivity index (χ0n) is 9.84. The lowest BCUT2D eigenvalue weighted by Crippen LogP contribution is -2.34. The molecule has 4 nitrogen and oxygen atoms in total. The van der Waals surface area contributed by atoms with Crippen LogP contribution in [0.5, 0.6) is 0 Å². The summed E-state index contributed by atoms with van der Waals surface area (Å²) in [4.78, 5) is 13.5. The molecule has 1 fully saturated rings. The Balaban J connectivity index is 1.80. The molecule has 1 amide bonds. The highest BCUT2D eigenvalue weighted by Gasteiger charge is 2.16. The number of carbonyl (C=O) groups excluding carboxylic acids is 1. The van der Waals surface area contributed by atoms with Crippen molar-refractivity contribution in [2.75, 3.05) is 26.2 Å². The van der Waals surface area contributed by atoms with E-state index in [4.69, 9.17) is 4.74 Å². The van der Waals surface area contributed by atoms with E-state index in [-0.39, 0.29) is 6.09 Å². The van der Waals surface area contributed by atoms with Crippen LogP contribution in [0.25, 0.3) is 0 Å². The molecule has 4 heteroatoms. The molecule has 1 aromatic rings. The highest BCUT2D eigenvalue weighted by Crippen LogP contribution is 2.04. The number of benzene rings is 1. The van der Waals surface area contributed by atoms with E-state index in [1.165, 1.54) is 0 Å². The standard InChI is InChI=1S/C13H17N2O2/c16-13(15-9-4-7-14-8-10-15)17-11-12-5-2-1-3-6-12/h1-3,5-6H,4,7-11H2. The molecule has 1 saturated heterocycles. The quantitative estimate of drug-likeness (QED) is 0.779. The van der Waals surface area contributed by atoms with E-state index < -0.39 is 0 Å². The molecule has 1 aliphatic heterocycles. The number of hydrogen-bond donors (Lipinski definition) is 0. The van der Waals surface area contributed by atoms with Gasteiger partial charge in [0.1, 0.15) is 6.61 Å². The lowest BCUT2D eigenvalue weighted by molar-refractivity contribution is 0.0984. The third kappa shape index (κ3) is 3.75. The van der Waals surface area contributed by atoms with E-state index in [0.29, 0.717) is 13.2 Å². The van der Waals surface area contributed by atoms with Gasteiger partial charge in [0.05, 0.1) is 0 Å². The van der Waals surface area contributed by atoms with Crippen molar-refractivity contribution in [2.24, 2.45) is 0 Å². The number of ether oxygens (including phenoxy) is 1. The minimum Gasteiger partial charge on any atom is -0.445 e. The molecule has 0 bridgehead atoms. The second-order valence-electron chi connectivity index (χ2n) is 4.05. The molecule has 0 aliphatic carbocycles. The van der Waals surface area contributed by atoms with Gasteiger partial charge in [0, 0.05) is 26.2 Å². The van der Waals surface area contributed by atoms with Crippen LogP contribution >= 0.6 is 0 Å². The highest BCUT2D eigenvalue weighted by atomic mass is 16.6. The zero-order chi connectivity index (χ0) is 11.9. The third-order valence-corrected chi connectivity index (χ3v) is 2.74. The van der Waals surface area contributed by atoms with Gasteiger partial charge in [-0.3, -0.25) is 0 Å². The van der Waals surface area contributed by atoms with Crippen LogP contribution in [0.2, 0.25) is 0 Å². The van der Waals surface area contributed by atoms with Gasteiger partial charge in [-0.05, 0) is 12.0 Å². The number of hydrogen-bond acceptors (Lipinski definition) is 2. The van der Waals surface area contributed by atoms with Crippen LogP contribution in [0.3, 0.4) is 0 Å². The van der Waals surface area contributed by atoms with Gasteiger partial charge in [0.25, 0.3) is 0 Å². The van der Waals surface area contributed by atoms with Gasteiger partial charge in [0.15, 0.2) is 0 Å². The van der Waals surface area contributed by atoms with E-state index in [0.717, 1.165) is 31.6 Å². The zero-order valence-corrected chi connectivity index (χ0v) is 9.84. The SMILES string of the molecule is O=C(OCc1ccccc1)N1CCC[N]CC1. The molecule has 91 valence electrons. The summed E-state index contributed by atoms with van der Waals surface area (Å²) in [6, 6.07) is 9.72. The van der Waals surface area contributed by atoms with Crippen molar-refractivity contribution in [3.05, 3.63) is 35.9 Å². The maximum Gasteiger partial charge on any atom is 0.410 e. The fraction of sp³-hybridized carbons (Fsp3) is 0.462. The summed E-state index contributed by atoms with van der Waals surface area (Å²) in [6.45, 7) is 3.33. The van der Waals surface area contributed by atoms with Gasteiger partial charge in [-0.15, -0.1) is 0 Å². The van der Waals surface area contributed by atoms with Gasteiger partial charge in [-0.25, -0.2) is 10.1 Å². The number of carbonyl (C=O) groups is 1. The molecular formula is C13H17N2O2. The summed E-state index contributed by atoms with van der Waals surface area (Å²) < 4.78 is 5.27. The Hall–Kier alpha value is -1.55. The topological polar surface area (TPSA) is 43.6 Å². The second-order valence-corrected chi connectivity index (χ2v) is 4.05. The number of rotatable bonds is 2. The predicted molar refractivity (Wildman–Crippen MR) is 64.7 cm³/mol. The fourth-order valence-electron chi connectivity index (χ4n) is 1.78. The summed E-state index contributed by atoms with van der Waals surface area (Å²) in [6.07, 6.45) is 0.700. The summed E-state index contributed by atoms with van der Waals surface area (Å²) in [5.74, 6) is 0. The molecule has 0 saturated carbocycles. The molecule has 1 heterocycles. The van der Waals surface area contributed by atoms with Crippen LogP contribution in [0, 0.1) is 0 Å². The Morgan fingerprint density at radius 1 is 1.24 bits per heavy atom. The normalized spacial score (nSPS) is 16.4. The summed E-state index contributed by atoms with van der Waals surface area (Å²) >= 11 is 0. The molecule has 2 rings (SSSR count). The van der Waals surface area contributed by atoms with Gasteiger partial charge in [-0.1, -0.05) is 30.3 Å². The van der Waals surface area contributed by atoms with Crippen LogP contribution in [-0.2, 0) is 11.3 Å². The Bertz CT molecular complexity index is 346. The molecule has 0 N–H and O–H groups in total. The van der Waals surface area contributed by atoms with Crippen molar-refractivity contribution in [1.82, 2.24) is 10.2 Å². The van der Waals surface area contributed by atoms with Crippen molar-refractivity contribution in [1.29, 1.82) is 0 Å². The smallest absolute Gasteiger partial charge is 0.410 e. The third-order valence-electron chi connectivity index (χ3n) is 2.74. The fourth-order valence-corrected chi connectivity index (χ4v) is 1.78. The summed E-state index contributed by atoms with van der Waals surface area (Å²) in [5.41, 5.74) is 1.01.